The Labute approximate surface area is 147 Å². The average molecular weight is 428 g/mol. The summed E-state index contributed by atoms with van der Waals surface area (Å²) in [6.07, 6.45) is 6.11. The number of halogens is 2. The molecule has 1 N–H and O–H groups in total. The largest absolute Gasteiger partial charge is 0.506 e. The molecule has 2 fully saturated rings. The first-order valence-electron chi connectivity index (χ1n) is 8.16. The van der Waals surface area contributed by atoms with E-state index in [0.717, 1.165) is 47.5 Å². The lowest BCUT2D eigenvalue weighted by Crippen LogP contribution is -2.42. The van der Waals surface area contributed by atoms with Gasteiger partial charge in [0, 0.05) is 11.8 Å². The Morgan fingerprint density at radius 3 is 2.77 bits per heavy atom. The van der Waals surface area contributed by atoms with Crippen LogP contribution in [0.3, 0.4) is 0 Å². The van der Waals surface area contributed by atoms with Gasteiger partial charge in [0.05, 0.1) is 8.95 Å². The van der Waals surface area contributed by atoms with Gasteiger partial charge in [-0.25, -0.2) is 0 Å². The molecular weight excluding hydrogens is 408 g/mol. The normalized spacial score (nSPS) is 36.7. The molecule has 0 heterocycles. The minimum absolute atomic E-state index is 0.0654. The van der Waals surface area contributed by atoms with E-state index in [1.54, 1.807) is 0 Å². The number of benzene rings is 1. The number of carbonyl (C=O) groups excluding carboxylic acids is 1. The minimum atomic E-state index is -0.0654. The minimum Gasteiger partial charge on any atom is -0.506 e. The molecule has 0 unspecified atom stereocenters. The highest BCUT2D eigenvalue weighted by molar-refractivity contribution is 9.11. The van der Waals surface area contributed by atoms with Gasteiger partial charge in [-0.1, -0.05) is 6.92 Å². The van der Waals surface area contributed by atoms with Crippen molar-refractivity contribution in [2.24, 2.45) is 17.3 Å². The van der Waals surface area contributed by atoms with Gasteiger partial charge in [-0.15, -0.1) is 0 Å². The third kappa shape index (κ3) is 1.92. The van der Waals surface area contributed by atoms with E-state index in [9.17, 15) is 9.90 Å². The number of aromatic hydroxyl groups is 1. The Kier molecular flexibility index (Phi) is 3.50. The van der Waals surface area contributed by atoms with E-state index in [4.69, 9.17) is 0 Å². The van der Waals surface area contributed by atoms with Crippen molar-refractivity contribution in [3.8, 4) is 5.75 Å². The van der Waals surface area contributed by atoms with Gasteiger partial charge in [0.15, 0.2) is 0 Å². The predicted octanol–water partition coefficient (Wildman–Crippen LogP) is 5.34. The fourth-order valence-electron chi connectivity index (χ4n) is 5.41. The van der Waals surface area contributed by atoms with Crippen LogP contribution in [0.4, 0.5) is 0 Å². The molecule has 0 saturated heterocycles. The highest BCUT2D eigenvalue weighted by Gasteiger charge is 2.54. The molecule has 3 aliphatic rings. The van der Waals surface area contributed by atoms with E-state index in [2.05, 4.69) is 44.8 Å². The van der Waals surface area contributed by atoms with Gasteiger partial charge >= 0.3 is 0 Å². The summed E-state index contributed by atoms with van der Waals surface area (Å²) in [7, 11) is 0. The Hall–Kier alpha value is -0.350. The summed E-state index contributed by atoms with van der Waals surface area (Å²) in [5.74, 6) is 2.53. The van der Waals surface area contributed by atoms with Gasteiger partial charge in [-0.3, -0.25) is 4.79 Å². The van der Waals surface area contributed by atoms with E-state index in [1.165, 1.54) is 11.1 Å². The number of phenols is 1. The SMILES string of the molecule is C[C@]12CC[C@@H]3c4cc(Br)c(O)c(Br)c4CC[C@H]3[C@@H]1CCC2=O. The number of hydrogen-bond donors (Lipinski definition) is 1. The van der Waals surface area contributed by atoms with Gasteiger partial charge in [-0.05, 0) is 98.9 Å². The zero-order valence-corrected chi connectivity index (χ0v) is 15.8. The number of Topliss-reactive ketones (excluding diaryl/α,β-unsaturated/α-hetero) is 1. The lowest BCUT2D eigenvalue weighted by atomic mass is 9.55. The molecule has 1 aromatic rings. The van der Waals surface area contributed by atoms with Gasteiger partial charge < -0.3 is 5.11 Å². The maximum Gasteiger partial charge on any atom is 0.144 e. The van der Waals surface area contributed by atoms with Crippen LogP contribution < -0.4 is 0 Å². The monoisotopic (exact) mass is 426 g/mol. The number of ketones is 1. The highest BCUT2D eigenvalue weighted by atomic mass is 79.9. The van der Waals surface area contributed by atoms with Gasteiger partial charge in [0.25, 0.3) is 0 Å². The number of phenolic OH excluding ortho intramolecular Hbond substituents is 1. The molecular formula is C18H20Br2O2. The van der Waals surface area contributed by atoms with Gasteiger partial charge in [0.1, 0.15) is 11.5 Å². The van der Waals surface area contributed by atoms with Crippen LogP contribution in [0.1, 0.15) is 56.1 Å². The number of rotatable bonds is 0. The second-order valence-electron chi connectivity index (χ2n) is 7.42. The molecule has 0 radical (unpaired) electrons. The third-order valence-electron chi connectivity index (χ3n) is 6.60. The number of hydrogen-bond acceptors (Lipinski definition) is 2. The maximum atomic E-state index is 12.4. The summed E-state index contributed by atoms with van der Waals surface area (Å²) in [5.41, 5.74) is 2.59. The quantitative estimate of drug-likeness (QED) is 0.606. The molecule has 3 aliphatic carbocycles. The third-order valence-corrected chi connectivity index (χ3v) is 8.06. The lowest BCUT2D eigenvalue weighted by molar-refractivity contribution is -0.129. The molecule has 2 saturated carbocycles. The molecule has 1 aromatic carbocycles. The van der Waals surface area contributed by atoms with Crippen LogP contribution in [0.2, 0.25) is 0 Å². The molecule has 0 amide bonds. The van der Waals surface area contributed by atoms with Crippen LogP contribution in [0.15, 0.2) is 15.0 Å². The summed E-state index contributed by atoms with van der Waals surface area (Å²) in [6, 6.07) is 2.12. The molecule has 4 atom stereocenters. The number of fused-ring (bicyclic) bond motifs is 5. The van der Waals surface area contributed by atoms with Crippen LogP contribution in [-0.2, 0) is 11.2 Å². The standard InChI is InChI=1S/C18H20Br2O2/c1-18-7-6-9-10(13(18)4-5-15(18)21)2-3-11-12(9)8-14(19)17(22)16(11)20/h8-10,13,22H,2-7H2,1H3/t9-,10+,13-,18-/m0/s1. The Morgan fingerprint density at radius 1 is 1.23 bits per heavy atom. The molecule has 0 bridgehead atoms. The first-order valence-corrected chi connectivity index (χ1v) is 9.75. The van der Waals surface area contributed by atoms with Crippen molar-refractivity contribution in [3.05, 3.63) is 26.1 Å². The molecule has 0 spiro atoms. The fraction of sp³-hybridized carbons (Fsp3) is 0.611. The average Bonchev–Trinajstić information content (AvgIpc) is 2.80. The van der Waals surface area contributed by atoms with Crippen molar-refractivity contribution >= 4 is 37.6 Å². The van der Waals surface area contributed by atoms with E-state index < -0.39 is 0 Å². The lowest BCUT2D eigenvalue weighted by Gasteiger charge is -2.48. The van der Waals surface area contributed by atoms with Crippen molar-refractivity contribution in [2.45, 2.75) is 51.4 Å². The topological polar surface area (TPSA) is 37.3 Å². The molecule has 4 rings (SSSR count). The molecule has 118 valence electrons. The van der Waals surface area contributed by atoms with Gasteiger partial charge in [0.2, 0.25) is 0 Å². The molecule has 0 aliphatic heterocycles. The van der Waals surface area contributed by atoms with Crippen LogP contribution >= 0.6 is 31.9 Å². The van der Waals surface area contributed by atoms with Crippen molar-refractivity contribution in [3.63, 3.8) is 0 Å². The summed E-state index contributed by atoms with van der Waals surface area (Å²) >= 11 is 7.06. The van der Waals surface area contributed by atoms with Crippen molar-refractivity contribution in [2.75, 3.05) is 0 Å². The van der Waals surface area contributed by atoms with Crippen LogP contribution in [-0.4, -0.2) is 10.9 Å². The molecule has 0 aromatic heterocycles. The first kappa shape index (κ1) is 15.2. The molecule has 2 nitrogen and oxygen atoms in total. The second kappa shape index (κ2) is 5.07. The predicted molar refractivity (Wildman–Crippen MR) is 93.1 cm³/mol. The Bertz CT molecular complexity index is 670. The Morgan fingerprint density at radius 2 is 2.00 bits per heavy atom. The highest BCUT2D eigenvalue weighted by Crippen LogP contribution is 2.60. The maximum absolute atomic E-state index is 12.4. The van der Waals surface area contributed by atoms with Crippen LogP contribution in [0.5, 0.6) is 5.75 Å². The zero-order chi connectivity index (χ0) is 15.6. The second-order valence-corrected chi connectivity index (χ2v) is 9.07. The summed E-state index contributed by atoms with van der Waals surface area (Å²) in [5, 5.41) is 10.1. The smallest absolute Gasteiger partial charge is 0.144 e. The summed E-state index contributed by atoms with van der Waals surface area (Å²) in [4.78, 5) is 12.4. The van der Waals surface area contributed by atoms with E-state index in [0.29, 0.717) is 29.3 Å². The van der Waals surface area contributed by atoms with Crippen LogP contribution in [0, 0.1) is 17.3 Å². The van der Waals surface area contributed by atoms with Crippen LogP contribution in [0.25, 0.3) is 0 Å². The fourth-order valence-corrected chi connectivity index (χ4v) is 6.76. The first-order chi connectivity index (χ1) is 10.4. The van der Waals surface area contributed by atoms with Crippen molar-refractivity contribution < 1.29 is 9.90 Å². The molecule has 4 heteroatoms. The van der Waals surface area contributed by atoms with Crippen molar-refractivity contribution in [1.82, 2.24) is 0 Å². The summed E-state index contributed by atoms with van der Waals surface area (Å²) in [6.45, 7) is 2.21. The van der Waals surface area contributed by atoms with E-state index in [-0.39, 0.29) is 5.41 Å². The van der Waals surface area contributed by atoms with Gasteiger partial charge in [-0.2, -0.15) is 0 Å². The summed E-state index contributed by atoms with van der Waals surface area (Å²) < 4.78 is 1.63. The molecule has 22 heavy (non-hydrogen) atoms. The number of carbonyl (C=O) groups is 1. The Balaban J connectivity index is 1.78. The van der Waals surface area contributed by atoms with E-state index >= 15 is 0 Å². The van der Waals surface area contributed by atoms with Crippen molar-refractivity contribution in [1.29, 1.82) is 0 Å². The van der Waals surface area contributed by atoms with E-state index in [1.807, 2.05) is 0 Å². The zero-order valence-electron chi connectivity index (χ0n) is 12.7.